The second kappa shape index (κ2) is 12.9. The lowest BCUT2D eigenvalue weighted by Gasteiger charge is -2.25. The first kappa shape index (κ1) is 29.2. The smallest absolute Gasteiger partial charge is 0.231 e. The van der Waals surface area contributed by atoms with Crippen molar-refractivity contribution in [2.24, 2.45) is 0 Å². The lowest BCUT2D eigenvalue weighted by Crippen LogP contribution is -2.49. The van der Waals surface area contributed by atoms with Crippen molar-refractivity contribution in [3.8, 4) is 0 Å². The van der Waals surface area contributed by atoms with Gasteiger partial charge in [-0.05, 0) is 48.6 Å². The summed E-state index contributed by atoms with van der Waals surface area (Å²) in [6.07, 6.45) is 0.367. The molecule has 0 radical (unpaired) electrons. The van der Waals surface area contributed by atoms with E-state index in [1.54, 1.807) is 0 Å². The molecule has 0 bridgehead atoms. The van der Waals surface area contributed by atoms with Crippen LogP contribution in [0.25, 0.3) is 0 Å². The number of aliphatic hydroxyl groups excluding tert-OH is 1. The quantitative estimate of drug-likeness (QED) is 0.257. The number of nitrogens with one attached hydrogen (secondary N) is 3. The zero-order valence-electron chi connectivity index (χ0n) is 21.4. The number of aryl methyl sites for hydroxylation is 2. The zero-order chi connectivity index (χ0) is 27.9. The summed E-state index contributed by atoms with van der Waals surface area (Å²) in [6, 6.07) is 10.1. The number of anilines is 1. The summed E-state index contributed by atoms with van der Waals surface area (Å²) < 4.78 is 58.1. The number of sulfonamides is 1. The van der Waals surface area contributed by atoms with Gasteiger partial charge in [0, 0.05) is 19.2 Å². The second-order valence-electron chi connectivity index (χ2n) is 9.09. The number of aromatic nitrogens is 1. The number of oxazole rings is 1. The molecule has 0 spiro atoms. The predicted octanol–water partition coefficient (Wildman–Crippen LogP) is 2.62. The largest absolute Gasteiger partial charge is 0.443 e. The molecule has 3 aromatic rings. The molecule has 2 aromatic carbocycles. The van der Waals surface area contributed by atoms with E-state index in [9.17, 15) is 27.1 Å². The Kier molecular flexibility index (Phi) is 9.95. The van der Waals surface area contributed by atoms with E-state index >= 15 is 0 Å². The highest BCUT2D eigenvalue weighted by Crippen LogP contribution is 2.17. The average molecular weight is 551 g/mol. The maximum absolute atomic E-state index is 13.8. The van der Waals surface area contributed by atoms with E-state index in [0.29, 0.717) is 6.54 Å². The third kappa shape index (κ3) is 9.19. The van der Waals surface area contributed by atoms with E-state index in [-0.39, 0.29) is 42.4 Å². The third-order valence-electron chi connectivity index (χ3n) is 5.71. The molecule has 4 N–H and O–H groups in total. The van der Waals surface area contributed by atoms with Crippen molar-refractivity contribution in [2.45, 2.75) is 51.8 Å². The van der Waals surface area contributed by atoms with Gasteiger partial charge in [-0.3, -0.25) is 9.52 Å². The molecule has 0 aliphatic heterocycles. The van der Waals surface area contributed by atoms with Gasteiger partial charge in [0.2, 0.25) is 21.8 Å². The highest BCUT2D eigenvalue weighted by atomic mass is 32.2. The van der Waals surface area contributed by atoms with E-state index in [4.69, 9.17) is 4.42 Å². The molecule has 0 saturated heterocycles. The number of halogens is 2. The second-order valence-corrected chi connectivity index (χ2v) is 10.8. The van der Waals surface area contributed by atoms with Crippen LogP contribution in [0.1, 0.15) is 35.3 Å². The van der Waals surface area contributed by atoms with E-state index in [2.05, 4.69) is 33.3 Å². The summed E-state index contributed by atoms with van der Waals surface area (Å²) >= 11 is 0. The summed E-state index contributed by atoms with van der Waals surface area (Å²) in [5, 5.41) is 16.7. The average Bonchev–Trinajstić information content (AvgIpc) is 3.14. The van der Waals surface area contributed by atoms with Crippen LogP contribution < -0.4 is 15.4 Å². The Bertz CT molecular complexity index is 1340. The third-order valence-corrected chi connectivity index (χ3v) is 6.27. The molecule has 3 rings (SSSR count). The number of rotatable bonds is 13. The Balaban J connectivity index is 1.69. The minimum atomic E-state index is -3.59. The Labute approximate surface area is 220 Å². The van der Waals surface area contributed by atoms with Crippen LogP contribution in [0.15, 0.2) is 46.9 Å². The molecular formula is C26H32F2N4O5S. The number of carbonyl (C=O) groups is 1. The number of hydrogen-bond acceptors (Lipinski definition) is 7. The van der Waals surface area contributed by atoms with Crippen LogP contribution in [0.5, 0.6) is 0 Å². The van der Waals surface area contributed by atoms with Crippen LogP contribution >= 0.6 is 0 Å². The standard InChI is InChI=1S/C26H32F2N4O5S/c1-4-17-6-5-7-18(8-17)14-29-15-23(33)22(11-19-9-20(27)12-21(28)10-19)30-24(34)13-25-31-26(16(2)37-25)32-38(3,35)36/h5-10,12,22-23,29,32-33H,4,11,13-15H2,1-3H3,(H,30,34)/t22-,23+/m0/s1. The van der Waals surface area contributed by atoms with Crippen LogP contribution in [0.2, 0.25) is 0 Å². The van der Waals surface area contributed by atoms with Crippen molar-refractivity contribution in [3.05, 3.63) is 82.4 Å². The maximum Gasteiger partial charge on any atom is 0.231 e. The van der Waals surface area contributed by atoms with E-state index in [0.717, 1.165) is 36.4 Å². The minimum absolute atomic E-state index is 0.0292. The lowest BCUT2D eigenvalue weighted by atomic mass is 10.00. The molecule has 0 unspecified atom stereocenters. The Hall–Kier alpha value is -3.35. The van der Waals surface area contributed by atoms with Gasteiger partial charge >= 0.3 is 0 Å². The molecule has 2 atom stereocenters. The first-order valence-electron chi connectivity index (χ1n) is 12.1. The number of benzene rings is 2. The first-order valence-corrected chi connectivity index (χ1v) is 14.0. The van der Waals surface area contributed by atoms with Crippen LogP contribution in [0.3, 0.4) is 0 Å². The summed E-state index contributed by atoms with van der Waals surface area (Å²) in [5.74, 6) is -2.00. The molecule has 0 aliphatic carbocycles. The summed E-state index contributed by atoms with van der Waals surface area (Å²) in [6.45, 7) is 4.13. The highest BCUT2D eigenvalue weighted by Gasteiger charge is 2.24. The number of nitrogens with zero attached hydrogens (tertiary/aromatic N) is 1. The number of carbonyl (C=O) groups excluding carboxylic acids is 1. The van der Waals surface area contributed by atoms with Gasteiger partial charge in [-0.1, -0.05) is 31.2 Å². The Morgan fingerprint density at radius 1 is 1.11 bits per heavy atom. The Morgan fingerprint density at radius 3 is 2.45 bits per heavy atom. The predicted molar refractivity (Wildman–Crippen MR) is 139 cm³/mol. The molecule has 0 fully saturated rings. The molecule has 1 amide bonds. The molecule has 1 aromatic heterocycles. The fraction of sp³-hybridized carbons (Fsp3) is 0.385. The molecule has 0 saturated carbocycles. The minimum Gasteiger partial charge on any atom is -0.443 e. The molecule has 12 heteroatoms. The molecule has 9 nitrogen and oxygen atoms in total. The molecule has 0 aliphatic rings. The highest BCUT2D eigenvalue weighted by molar-refractivity contribution is 7.92. The van der Waals surface area contributed by atoms with E-state index < -0.39 is 39.7 Å². The van der Waals surface area contributed by atoms with E-state index in [1.165, 1.54) is 12.5 Å². The summed E-state index contributed by atoms with van der Waals surface area (Å²) in [4.78, 5) is 16.8. The SMILES string of the molecule is CCc1cccc(CNC[C@@H](O)[C@H](Cc2cc(F)cc(F)c2)NC(=O)Cc2nc(NS(C)(=O)=O)c(C)o2)c1. The van der Waals surface area contributed by atoms with Gasteiger partial charge in [-0.25, -0.2) is 17.2 Å². The van der Waals surface area contributed by atoms with Crippen molar-refractivity contribution in [2.75, 3.05) is 17.5 Å². The van der Waals surface area contributed by atoms with Crippen LogP contribution in [-0.4, -0.2) is 49.4 Å². The monoisotopic (exact) mass is 550 g/mol. The van der Waals surface area contributed by atoms with Crippen molar-refractivity contribution < 1.29 is 31.5 Å². The van der Waals surface area contributed by atoms with Crippen molar-refractivity contribution in [3.63, 3.8) is 0 Å². The summed E-state index contributed by atoms with van der Waals surface area (Å²) in [5.41, 5.74) is 2.47. The van der Waals surface area contributed by atoms with Crippen molar-refractivity contribution in [1.29, 1.82) is 0 Å². The van der Waals surface area contributed by atoms with Gasteiger partial charge in [0.15, 0.2) is 5.82 Å². The van der Waals surface area contributed by atoms with Gasteiger partial charge in [0.1, 0.15) is 23.8 Å². The molecular weight excluding hydrogens is 518 g/mol. The fourth-order valence-corrected chi connectivity index (χ4v) is 4.47. The van der Waals surface area contributed by atoms with Gasteiger partial charge in [-0.15, -0.1) is 0 Å². The van der Waals surface area contributed by atoms with Crippen LogP contribution in [0.4, 0.5) is 14.6 Å². The lowest BCUT2D eigenvalue weighted by molar-refractivity contribution is -0.122. The fourth-order valence-electron chi connectivity index (χ4n) is 3.92. The zero-order valence-corrected chi connectivity index (χ0v) is 22.2. The first-order chi connectivity index (χ1) is 17.9. The number of hydrogen-bond donors (Lipinski definition) is 4. The van der Waals surface area contributed by atoms with Crippen molar-refractivity contribution in [1.82, 2.24) is 15.6 Å². The summed E-state index contributed by atoms with van der Waals surface area (Å²) in [7, 11) is -3.59. The van der Waals surface area contributed by atoms with Gasteiger partial charge in [0.05, 0.1) is 18.4 Å². The molecule has 38 heavy (non-hydrogen) atoms. The Morgan fingerprint density at radius 2 is 1.79 bits per heavy atom. The van der Waals surface area contributed by atoms with Gasteiger partial charge in [-0.2, -0.15) is 4.98 Å². The normalized spacial score (nSPS) is 13.2. The molecule has 206 valence electrons. The maximum atomic E-state index is 13.8. The molecule has 1 heterocycles. The van der Waals surface area contributed by atoms with E-state index in [1.807, 2.05) is 18.2 Å². The number of amides is 1. The van der Waals surface area contributed by atoms with Crippen molar-refractivity contribution >= 4 is 21.7 Å². The topological polar surface area (TPSA) is 134 Å². The van der Waals surface area contributed by atoms with Gasteiger partial charge in [0.25, 0.3) is 0 Å². The van der Waals surface area contributed by atoms with Gasteiger partial charge < -0.3 is 20.2 Å². The van der Waals surface area contributed by atoms with Crippen LogP contribution in [-0.2, 0) is 40.6 Å². The number of aliphatic hydroxyl groups is 1. The van der Waals surface area contributed by atoms with Crippen LogP contribution in [0, 0.1) is 18.6 Å².